The van der Waals surface area contributed by atoms with Gasteiger partial charge in [0.2, 0.25) is 6.79 Å². The highest BCUT2D eigenvalue weighted by molar-refractivity contribution is 7.99. The molecule has 8 nitrogen and oxygen atoms in total. The van der Waals surface area contributed by atoms with Crippen LogP contribution in [0.25, 0.3) is 11.0 Å². The second-order valence-electron chi connectivity index (χ2n) is 9.11. The number of imidazole rings is 1. The van der Waals surface area contributed by atoms with Crippen LogP contribution < -0.4 is 25.4 Å². The van der Waals surface area contributed by atoms with E-state index in [9.17, 15) is 0 Å². The van der Waals surface area contributed by atoms with Crippen molar-refractivity contribution >= 4 is 34.3 Å². The van der Waals surface area contributed by atoms with E-state index in [1.54, 1.807) is 18.0 Å². The highest BCUT2D eigenvalue weighted by Crippen LogP contribution is 2.46. The van der Waals surface area contributed by atoms with E-state index < -0.39 is 0 Å². The average molecular weight is 441 g/mol. The van der Waals surface area contributed by atoms with E-state index in [-0.39, 0.29) is 12.2 Å². The summed E-state index contributed by atoms with van der Waals surface area (Å²) in [5.41, 5.74) is 9.29. The van der Waals surface area contributed by atoms with Crippen molar-refractivity contribution in [1.29, 1.82) is 0 Å². The number of nitrogens with zero attached hydrogens (tertiary/aromatic N) is 4. The van der Waals surface area contributed by atoms with Gasteiger partial charge in [0.05, 0.1) is 11.2 Å². The fraction of sp³-hybridized carbons (Fsp3) is 0.455. The molecule has 3 N–H and O–H groups in total. The van der Waals surface area contributed by atoms with Crippen molar-refractivity contribution in [3.63, 3.8) is 0 Å². The first-order valence-corrected chi connectivity index (χ1v) is 11.4. The maximum atomic E-state index is 6.15. The Balaban J connectivity index is 1.48. The molecule has 5 rings (SSSR count). The lowest BCUT2D eigenvalue weighted by atomic mass is 9.97. The molecule has 164 valence electrons. The summed E-state index contributed by atoms with van der Waals surface area (Å²) in [5, 5.41) is 4.46. The van der Waals surface area contributed by atoms with E-state index in [2.05, 4.69) is 52.7 Å². The van der Waals surface area contributed by atoms with Gasteiger partial charge in [-0.2, -0.15) is 0 Å². The number of nitrogens with one attached hydrogen (secondary N) is 1. The van der Waals surface area contributed by atoms with Crippen molar-refractivity contribution in [2.45, 2.75) is 37.4 Å². The van der Waals surface area contributed by atoms with Crippen molar-refractivity contribution in [3.05, 3.63) is 24.4 Å². The summed E-state index contributed by atoms with van der Waals surface area (Å²) in [5.74, 6) is 2.04. The van der Waals surface area contributed by atoms with E-state index in [1.165, 1.54) is 0 Å². The van der Waals surface area contributed by atoms with E-state index in [0.29, 0.717) is 5.82 Å². The van der Waals surface area contributed by atoms with Gasteiger partial charge < -0.3 is 30.0 Å². The molecule has 1 fully saturated rings. The Hall–Kier alpha value is -2.65. The summed E-state index contributed by atoms with van der Waals surface area (Å²) < 4.78 is 13.4. The number of pyridine rings is 1. The van der Waals surface area contributed by atoms with Gasteiger partial charge in [-0.1, -0.05) is 20.8 Å². The first kappa shape index (κ1) is 20.3. The summed E-state index contributed by atoms with van der Waals surface area (Å²) in [7, 11) is 0. The number of hydrogen-bond acceptors (Lipinski definition) is 8. The fourth-order valence-electron chi connectivity index (χ4n) is 3.63. The highest BCUT2D eigenvalue weighted by atomic mass is 32.2. The van der Waals surface area contributed by atoms with Crippen LogP contribution in [0.2, 0.25) is 0 Å². The fourth-order valence-corrected chi connectivity index (χ4v) is 4.72. The molecule has 1 saturated heterocycles. The molecule has 0 bridgehead atoms. The number of rotatable bonds is 7. The summed E-state index contributed by atoms with van der Waals surface area (Å²) in [6, 6.07) is 6.12. The molecular formula is C22H28N6O2S. The molecule has 0 aliphatic carbocycles. The van der Waals surface area contributed by atoms with Crippen LogP contribution in [-0.4, -0.2) is 47.5 Å². The monoisotopic (exact) mass is 440 g/mol. The molecule has 9 heteroatoms. The van der Waals surface area contributed by atoms with Crippen LogP contribution >= 0.6 is 11.8 Å². The van der Waals surface area contributed by atoms with Crippen LogP contribution in [0.4, 0.5) is 11.5 Å². The predicted molar refractivity (Wildman–Crippen MR) is 123 cm³/mol. The zero-order valence-electron chi connectivity index (χ0n) is 18.1. The van der Waals surface area contributed by atoms with E-state index in [4.69, 9.17) is 20.2 Å². The number of benzene rings is 1. The van der Waals surface area contributed by atoms with Gasteiger partial charge in [-0.05, 0) is 23.2 Å². The largest absolute Gasteiger partial charge is 0.454 e. The van der Waals surface area contributed by atoms with Crippen molar-refractivity contribution in [2.24, 2.45) is 5.41 Å². The number of fused-ring (bicyclic) bond motifs is 2. The Morgan fingerprint density at radius 3 is 2.71 bits per heavy atom. The second-order valence-corrected chi connectivity index (χ2v) is 10.1. The molecule has 0 unspecified atom stereocenters. The summed E-state index contributed by atoms with van der Waals surface area (Å²) in [6.45, 7) is 11.7. The van der Waals surface area contributed by atoms with E-state index >= 15 is 0 Å². The Bertz CT molecular complexity index is 1120. The molecule has 0 spiro atoms. The summed E-state index contributed by atoms with van der Waals surface area (Å²) in [4.78, 5) is 12.5. The lowest BCUT2D eigenvalue weighted by Gasteiger charge is -2.19. The predicted octanol–water partition coefficient (Wildman–Crippen LogP) is 3.35. The molecule has 2 aliphatic heterocycles. The third-order valence-corrected chi connectivity index (χ3v) is 6.31. The average Bonchev–Trinajstić information content (AvgIpc) is 3.35. The number of hydrogen-bond donors (Lipinski definition) is 2. The van der Waals surface area contributed by atoms with Crippen molar-refractivity contribution in [2.75, 3.05) is 43.6 Å². The number of nitrogen functional groups attached to an aromatic ring is 1. The van der Waals surface area contributed by atoms with Crippen molar-refractivity contribution in [1.82, 2.24) is 19.9 Å². The maximum absolute atomic E-state index is 6.15. The molecule has 4 heterocycles. The van der Waals surface area contributed by atoms with Gasteiger partial charge in [-0.3, -0.25) is 0 Å². The molecule has 1 aromatic carbocycles. The first-order chi connectivity index (χ1) is 14.9. The topological polar surface area (TPSA) is 90.2 Å². The third-order valence-electron chi connectivity index (χ3n) is 5.27. The highest BCUT2D eigenvalue weighted by Gasteiger charge is 2.27. The van der Waals surface area contributed by atoms with Gasteiger partial charge in [0, 0.05) is 55.9 Å². The van der Waals surface area contributed by atoms with Gasteiger partial charge in [-0.15, -0.1) is 0 Å². The van der Waals surface area contributed by atoms with Gasteiger partial charge in [0.1, 0.15) is 5.52 Å². The number of nitrogens with two attached hydrogens (primary N) is 1. The first-order valence-electron chi connectivity index (χ1n) is 10.6. The standard InChI is InChI=1S/C22H28N6O2S/c1-22(2,3)12-24-6-7-28-14-4-5-25-20(23)19(14)26-21(28)31-18-11-17-16(29-13-30-17)10-15(18)27-8-9-27/h4-5,10-11,24H,6-9,12-13H2,1-3H3,(H2,23,25). The zero-order chi connectivity index (χ0) is 21.6. The van der Waals surface area contributed by atoms with Gasteiger partial charge in [0.25, 0.3) is 0 Å². The van der Waals surface area contributed by atoms with Crippen LogP contribution in [0.3, 0.4) is 0 Å². The minimum atomic E-state index is 0.239. The molecule has 0 radical (unpaired) electrons. The van der Waals surface area contributed by atoms with Crippen LogP contribution in [0.5, 0.6) is 11.5 Å². The number of anilines is 2. The van der Waals surface area contributed by atoms with Crippen LogP contribution in [0.15, 0.2) is 34.4 Å². The van der Waals surface area contributed by atoms with Gasteiger partial charge in [0.15, 0.2) is 22.5 Å². The van der Waals surface area contributed by atoms with Crippen molar-refractivity contribution in [3.8, 4) is 11.5 Å². The number of ether oxygens (including phenoxy) is 2. The SMILES string of the molecule is CC(C)(C)CNCCn1c(Sc2cc3c(cc2N2CC2)OCO3)nc2c(N)nccc21. The number of aromatic nitrogens is 3. The van der Waals surface area contributed by atoms with Gasteiger partial charge >= 0.3 is 0 Å². The maximum Gasteiger partial charge on any atom is 0.231 e. The Kier molecular flexibility index (Phi) is 5.10. The third kappa shape index (κ3) is 4.24. The molecule has 2 aromatic heterocycles. The molecule has 3 aromatic rings. The lowest BCUT2D eigenvalue weighted by Crippen LogP contribution is -2.29. The van der Waals surface area contributed by atoms with E-state index in [1.807, 2.05) is 6.07 Å². The minimum absolute atomic E-state index is 0.239. The second kappa shape index (κ2) is 7.80. The quantitative estimate of drug-likeness (QED) is 0.427. The Morgan fingerprint density at radius 1 is 1.19 bits per heavy atom. The summed E-state index contributed by atoms with van der Waals surface area (Å²) in [6.07, 6.45) is 1.74. The van der Waals surface area contributed by atoms with Crippen LogP contribution in [0.1, 0.15) is 20.8 Å². The Morgan fingerprint density at radius 2 is 1.97 bits per heavy atom. The zero-order valence-corrected chi connectivity index (χ0v) is 19.0. The molecule has 31 heavy (non-hydrogen) atoms. The molecule has 0 atom stereocenters. The molecule has 0 saturated carbocycles. The minimum Gasteiger partial charge on any atom is -0.454 e. The van der Waals surface area contributed by atoms with Crippen molar-refractivity contribution < 1.29 is 9.47 Å². The van der Waals surface area contributed by atoms with E-state index in [0.717, 1.165) is 71.0 Å². The molecule has 0 amide bonds. The van der Waals surface area contributed by atoms with Gasteiger partial charge in [-0.25, -0.2) is 9.97 Å². The van der Waals surface area contributed by atoms with Crippen LogP contribution in [0, 0.1) is 5.41 Å². The van der Waals surface area contributed by atoms with Crippen LogP contribution in [-0.2, 0) is 6.54 Å². The molecular weight excluding hydrogens is 412 g/mol. The summed E-state index contributed by atoms with van der Waals surface area (Å²) >= 11 is 1.64. The lowest BCUT2D eigenvalue weighted by molar-refractivity contribution is 0.174. The smallest absolute Gasteiger partial charge is 0.231 e. The normalized spacial score (nSPS) is 15.1. The molecule has 2 aliphatic rings. The Labute approximate surface area is 186 Å².